The third-order valence-corrected chi connectivity index (χ3v) is 3.12. The van der Waals surface area contributed by atoms with Crippen molar-refractivity contribution >= 4 is 5.82 Å². The van der Waals surface area contributed by atoms with Crippen molar-refractivity contribution in [3.8, 4) is 0 Å². The average Bonchev–Trinajstić information content (AvgIpc) is 2.46. The number of pyridine rings is 2. The lowest BCUT2D eigenvalue weighted by Crippen LogP contribution is -2.24. The minimum Gasteiger partial charge on any atom is -0.359 e. The van der Waals surface area contributed by atoms with E-state index in [1.807, 2.05) is 31.1 Å². The minimum atomic E-state index is -0.304. The van der Waals surface area contributed by atoms with Crippen molar-refractivity contribution in [3.63, 3.8) is 0 Å². The molecule has 0 fully saturated rings. The largest absolute Gasteiger partial charge is 0.359 e. The van der Waals surface area contributed by atoms with Gasteiger partial charge in [0.2, 0.25) is 0 Å². The van der Waals surface area contributed by atoms with E-state index in [1.165, 1.54) is 17.8 Å². The van der Waals surface area contributed by atoms with E-state index in [-0.39, 0.29) is 5.82 Å². The molecule has 2 aromatic heterocycles. The highest BCUT2D eigenvalue weighted by molar-refractivity contribution is 5.46. The Morgan fingerprint density at radius 3 is 2.75 bits per heavy atom. The zero-order valence-corrected chi connectivity index (χ0v) is 11.8. The molecule has 2 heterocycles. The van der Waals surface area contributed by atoms with E-state index in [9.17, 15) is 4.39 Å². The van der Waals surface area contributed by atoms with Gasteiger partial charge in [0.05, 0.1) is 6.20 Å². The monoisotopic (exact) mass is 274 g/mol. The standard InChI is InChI=1S/C15H19FN4/c1-17-10-13-9-14(16)11-19-15(13)20(2)8-5-12-3-6-18-7-4-12/h3-4,6-7,9,11,17H,5,8,10H2,1-2H3. The molecule has 4 nitrogen and oxygen atoms in total. The summed E-state index contributed by atoms with van der Waals surface area (Å²) in [5, 5.41) is 3.04. The Morgan fingerprint density at radius 2 is 2.05 bits per heavy atom. The average molecular weight is 274 g/mol. The van der Waals surface area contributed by atoms with E-state index in [4.69, 9.17) is 0 Å². The molecule has 0 aliphatic carbocycles. The Balaban J connectivity index is 2.06. The summed E-state index contributed by atoms with van der Waals surface area (Å²) in [6, 6.07) is 5.53. The molecule has 2 rings (SSSR count). The SMILES string of the molecule is CNCc1cc(F)cnc1N(C)CCc1ccncc1. The second kappa shape index (κ2) is 6.96. The molecule has 106 valence electrons. The van der Waals surface area contributed by atoms with Crippen LogP contribution in [0.4, 0.5) is 10.2 Å². The van der Waals surface area contributed by atoms with Crippen molar-refractivity contribution in [2.24, 2.45) is 0 Å². The Bertz CT molecular complexity index is 545. The van der Waals surface area contributed by atoms with Crippen LogP contribution in [-0.2, 0) is 13.0 Å². The summed E-state index contributed by atoms with van der Waals surface area (Å²) in [6.45, 7) is 1.42. The first-order chi connectivity index (χ1) is 9.70. The van der Waals surface area contributed by atoms with E-state index in [2.05, 4.69) is 15.3 Å². The molecule has 20 heavy (non-hydrogen) atoms. The predicted molar refractivity (Wildman–Crippen MR) is 78.2 cm³/mol. The lowest BCUT2D eigenvalue weighted by atomic mass is 10.2. The highest BCUT2D eigenvalue weighted by Gasteiger charge is 2.10. The number of aromatic nitrogens is 2. The smallest absolute Gasteiger partial charge is 0.141 e. The Labute approximate surface area is 118 Å². The number of rotatable bonds is 6. The van der Waals surface area contributed by atoms with Crippen LogP contribution in [0.2, 0.25) is 0 Å². The van der Waals surface area contributed by atoms with Crippen molar-refractivity contribution in [2.45, 2.75) is 13.0 Å². The molecule has 0 amide bonds. The maximum absolute atomic E-state index is 13.3. The van der Waals surface area contributed by atoms with Gasteiger partial charge in [-0.15, -0.1) is 0 Å². The van der Waals surface area contributed by atoms with Gasteiger partial charge in [-0.25, -0.2) is 9.37 Å². The van der Waals surface area contributed by atoms with Crippen LogP contribution in [0.1, 0.15) is 11.1 Å². The van der Waals surface area contributed by atoms with Crippen molar-refractivity contribution in [3.05, 3.63) is 53.7 Å². The van der Waals surface area contributed by atoms with Gasteiger partial charge >= 0.3 is 0 Å². The molecule has 0 atom stereocenters. The summed E-state index contributed by atoms with van der Waals surface area (Å²) < 4.78 is 13.3. The van der Waals surface area contributed by atoms with Crippen molar-refractivity contribution < 1.29 is 4.39 Å². The molecular formula is C15H19FN4. The summed E-state index contributed by atoms with van der Waals surface area (Å²) >= 11 is 0. The van der Waals surface area contributed by atoms with Gasteiger partial charge in [-0.3, -0.25) is 4.98 Å². The molecule has 2 aromatic rings. The first kappa shape index (κ1) is 14.4. The zero-order valence-electron chi connectivity index (χ0n) is 11.8. The van der Waals surface area contributed by atoms with Gasteiger partial charge in [-0.1, -0.05) is 0 Å². The molecule has 0 aromatic carbocycles. The summed E-state index contributed by atoms with van der Waals surface area (Å²) in [5.74, 6) is 0.510. The van der Waals surface area contributed by atoms with Crippen LogP contribution in [0.3, 0.4) is 0 Å². The van der Waals surface area contributed by atoms with Gasteiger partial charge in [0.25, 0.3) is 0 Å². The number of nitrogens with zero attached hydrogens (tertiary/aromatic N) is 3. The normalized spacial score (nSPS) is 10.6. The molecule has 1 N–H and O–H groups in total. The van der Waals surface area contributed by atoms with E-state index >= 15 is 0 Å². The van der Waals surface area contributed by atoms with Crippen LogP contribution >= 0.6 is 0 Å². The molecule has 0 aliphatic rings. The van der Waals surface area contributed by atoms with Crippen molar-refractivity contribution in [1.29, 1.82) is 0 Å². The van der Waals surface area contributed by atoms with Gasteiger partial charge < -0.3 is 10.2 Å². The molecular weight excluding hydrogens is 255 g/mol. The molecule has 0 aliphatic heterocycles. The van der Waals surface area contributed by atoms with Crippen LogP contribution in [-0.4, -0.2) is 30.6 Å². The maximum atomic E-state index is 13.3. The van der Waals surface area contributed by atoms with Gasteiger partial charge in [0.1, 0.15) is 11.6 Å². The summed E-state index contributed by atoms with van der Waals surface area (Å²) in [5.41, 5.74) is 2.09. The van der Waals surface area contributed by atoms with Crippen molar-refractivity contribution in [2.75, 3.05) is 25.5 Å². The van der Waals surface area contributed by atoms with E-state index in [0.29, 0.717) is 6.54 Å². The fraction of sp³-hybridized carbons (Fsp3) is 0.333. The van der Waals surface area contributed by atoms with Crippen LogP contribution in [0.5, 0.6) is 0 Å². The van der Waals surface area contributed by atoms with Crippen LogP contribution in [0.15, 0.2) is 36.8 Å². The second-order valence-electron chi connectivity index (χ2n) is 4.69. The number of hydrogen-bond donors (Lipinski definition) is 1. The quantitative estimate of drug-likeness (QED) is 0.875. The molecule has 0 saturated heterocycles. The number of anilines is 1. The summed E-state index contributed by atoms with van der Waals surface area (Å²) in [7, 11) is 3.81. The second-order valence-corrected chi connectivity index (χ2v) is 4.69. The van der Waals surface area contributed by atoms with E-state index < -0.39 is 0 Å². The molecule has 0 bridgehead atoms. The van der Waals surface area contributed by atoms with E-state index in [0.717, 1.165) is 24.3 Å². The zero-order chi connectivity index (χ0) is 14.4. The van der Waals surface area contributed by atoms with Gasteiger partial charge in [0, 0.05) is 38.1 Å². The third-order valence-electron chi connectivity index (χ3n) is 3.12. The Hall–Kier alpha value is -2.01. The first-order valence-electron chi connectivity index (χ1n) is 6.59. The van der Waals surface area contributed by atoms with E-state index in [1.54, 1.807) is 12.4 Å². The lowest BCUT2D eigenvalue weighted by Gasteiger charge is -2.21. The van der Waals surface area contributed by atoms with Gasteiger partial charge in [0.15, 0.2) is 0 Å². The number of nitrogens with one attached hydrogen (secondary N) is 1. The van der Waals surface area contributed by atoms with Gasteiger partial charge in [-0.05, 0) is 37.2 Å². The first-order valence-corrected chi connectivity index (χ1v) is 6.59. The maximum Gasteiger partial charge on any atom is 0.141 e. The lowest BCUT2D eigenvalue weighted by molar-refractivity contribution is 0.615. The minimum absolute atomic E-state index is 0.304. The molecule has 5 heteroatoms. The van der Waals surface area contributed by atoms with Gasteiger partial charge in [-0.2, -0.15) is 0 Å². The van der Waals surface area contributed by atoms with Crippen molar-refractivity contribution in [1.82, 2.24) is 15.3 Å². The van der Waals surface area contributed by atoms with Crippen LogP contribution in [0, 0.1) is 5.82 Å². The predicted octanol–water partition coefficient (Wildman–Crippen LogP) is 2.01. The molecule has 0 saturated carbocycles. The molecule has 0 radical (unpaired) electrons. The molecule has 0 spiro atoms. The molecule has 0 unspecified atom stereocenters. The summed E-state index contributed by atoms with van der Waals surface area (Å²) in [6.07, 6.45) is 5.74. The topological polar surface area (TPSA) is 41.1 Å². The Kier molecular flexibility index (Phi) is 5.01. The fourth-order valence-electron chi connectivity index (χ4n) is 2.09. The summed E-state index contributed by atoms with van der Waals surface area (Å²) in [4.78, 5) is 10.3. The van der Waals surface area contributed by atoms with Crippen LogP contribution in [0.25, 0.3) is 0 Å². The third kappa shape index (κ3) is 3.74. The number of likely N-dealkylation sites (N-methyl/N-ethyl adjacent to an activating group) is 1. The fourth-order valence-corrected chi connectivity index (χ4v) is 2.09. The number of halogens is 1. The highest BCUT2D eigenvalue weighted by Crippen LogP contribution is 2.17. The Morgan fingerprint density at radius 1 is 1.30 bits per heavy atom. The van der Waals surface area contributed by atoms with Crippen LogP contribution < -0.4 is 10.2 Å². The number of hydrogen-bond acceptors (Lipinski definition) is 4. The highest BCUT2D eigenvalue weighted by atomic mass is 19.1.